The van der Waals surface area contributed by atoms with Crippen molar-refractivity contribution >= 4 is 31.9 Å². The minimum atomic E-state index is 0.294. The van der Waals surface area contributed by atoms with Gasteiger partial charge in [-0.15, -0.1) is 6.42 Å². The zero-order valence-corrected chi connectivity index (χ0v) is 10.3. The number of hydrogen-bond donors (Lipinski definition) is 0. The van der Waals surface area contributed by atoms with Gasteiger partial charge in [-0.3, -0.25) is 0 Å². The number of terminal acetylenes is 1. The number of halogens is 2. The van der Waals surface area contributed by atoms with Crippen LogP contribution in [0, 0.1) is 19.3 Å². The molecular formula is C10H8Br2O. The van der Waals surface area contributed by atoms with Gasteiger partial charge < -0.3 is 4.74 Å². The average molecular weight is 304 g/mol. The Morgan fingerprint density at radius 2 is 1.92 bits per heavy atom. The fourth-order valence-corrected chi connectivity index (χ4v) is 1.97. The minimum Gasteiger partial charge on any atom is -0.481 e. The third-order valence-electron chi connectivity index (χ3n) is 1.58. The fourth-order valence-electron chi connectivity index (χ4n) is 0.830. The molecule has 0 N–H and O–H groups in total. The molecule has 0 spiro atoms. The lowest BCUT2D eigenvalue weighted by Crippen LogP contribution is -1.94. The molecule has 0 saturated carbocycles. The van der Waals surface area contributed by atoms with E-state index in [-0.39, 0.29) is 0 Å². The lowest BCUT2D eigenvalue weighted by Gasteiger charge is -2.06. The zero-order valence-electron chi connectivity index (χ0n) is 7.10. The van der Waals surface area contributed by atoms with Gasteiger partial charge in [-0.1, -0.05) is 37.8 Å². The Morgan fingerprint density at radius 3 is 2.38 bits per heavy atom. The molecule has 0 aliphatic rings. The summed E-state index contributed by atoms with van der Waals surface area (Å²) in [7, 11) is 0. The van der Waals surface area contributed by atoms with Crippen LogP contribution < -0.4 is 4.74 Å². The van der Waals surface area contributed by atoms with Crippen molar-refractivity contribution in [1.82, 2.24) is 0 Å². The van der Waals surface area contributed by atoms with Crippen LogP contribution in [0.5, 0.6) is 5.75 Å². The summed E-state index contributed by atoms with van der Waals surface area (Å²) in [6.45, 7) is 2.31. The Kier molecular flexibility index (Phi) is 3.83. The Hall–Kier alpha value is -0.460. The maximum atomic E-state index is 5.28. The molecule has 0 radical (unpaired) electrons. The SMILES string of the molecule is C#CCOc1cc(Br)c(C)c(Br)c1. The Labute approximate surface area is 94.7 Å². The molecule has 1 aromatic rings. The van der Waals surface area contributed by atoms with E-state index >= 15 is 0 Å². The van der Waals surface area contributed by atoms with Crippen LogP contribution in [-0.4, -0.2) is 6.61 Å². The molecule has 0 heterocycles. The summed E-state index contributed by atoms with van der Waals surface area (Å²) >= 11 is 6.85. The van der Waals surface area contributed by atoms with Crippen molar-refractivity contribution in [2.75, 3.05) is 6.61 Å². The Balaban J connectivity index is 2.94. The van der Waals surface area contributed by atoms with E-state index in [1.165, 1.54) is 0 Å². The van der Waals surface area contributed by atoms with Gasteiger partial charge in [0, 0.05) is 8.95 Å². The monoisotopic (exact) mass is 302 g/mol. The number of ether oxygens (including phenoxy) is 1. The Morgan fingerprint density at radius 1 is 1.38 bits per heavy atom. The molecule has 1 nitrogen and oxygen atoms in total. The predicted molar refractivity (Wildman–Crippen MR) is 60.9 cm³/mol. The van der Waals surface area contributed by atoms with Gasteiger partial charge >= 0.3 is 0 Å². The van der Waals surface area contributed by atoms with E-state index in [1.807, 2.05) is 19.1 Å². The van der Waals surface area contributed by atoms with Crippen molar-refractivity contribution in [1.29, 1.82) is 0 Å². The topological polar surface area (TPSA) is 9.23 Å². The highest BCUT2D eigenvalue weighted by Gasteiger charge is 2.03. The molecule has 0 amide bonds. The summed E-state index contributed by atoms with van der Waals surface area (Å²) in [6, 6.07) is 3.80. The first kappa shape index (κ1) is 10.6. The van der Waals surface area contributed by atoms with Crippen molar-refractivity contribution in [3.8, 4) is 18.1 Å². The van der Waals surface area contributed by atoms with Gasteiger partial charge in [0.15, 0.2) is 0 Å². The summed E-state index contributed by atoms with van der Waals surface area (Å²) in [5, 5.41) is 0. The molecule has 13 heavy (non-hydrogen) atoms. The third kappa shape index (κ3) is 2.75. The normalized spacial score (nSPS) is 9.38. The molecule has 0 aliphatic heterocycles. The molecule has 0 fully saturated rings. The summed E-state index contributed by atoms with van der Waals surface area (Å²) in [5.41, 5.74) is 1.15. The molecule has 0 aromatic heterocycles. The fraction of sp³-hybridized carbons (Fsp3) is 0.200. The van der Waals surface area contributed by atoms with E-state index in [1.54, 1.807) is 0 Å². The van der Waals surface area contributed by atoms with Crippen molar-refractivity contribution in [2.24, 2.45) is 0 Å². The highest BCUT2D eigenvalue weighted by Crippen LogP contribution is 2.29. The molecule has 0 atom stereocenters. The summed E-state index contributed by atoms with van der Waals surface area (Å²) in [6.07, 6.45) is 5.08. The Bertz CT molecular complexity index is 329. The van der Waals surface area contributed by atoms with Crippen molar-refractivity contribution in [3.05, 3.63) is 26.6 Å². The first-order valence-corrected chi connectivity index (χ1v) is 5.25. The lowest BCUT2D eigenvalue weighted by molar-refractivity contribution is 0.370. The maximum absolute atomic E-state index is 5.28. The molecule has 0 aliphatic carbocycles. The van der Waals surface area contributed by atoms with Crippen LogP contribution in [0.25, 0.3) is 0 Å². The predicted octanol–water partition coefficient (Wildman–Crippen LogP) is 3.53. The maximum Gasteiger partial charge on any atom is 0.148 e. The second-order valence-corrected chi connectivity index (χ2v) is 4.21. The van der Waals surface area contributed by atoms with Crippen molar-refractivity contribution in [2.45, 2.75) is 6.92 Å². The van der Waals surface area contributed by atoms with Crippen LogP contribution in [0.15, 0.2) is 21.1 Å². The molecular weight excluding hydrogens is 296 g/mol. The molecule has 68 valence electrons. The van der Waals surface area contributed by atoms with Gasteiger partial charge in [0.05, 0.1) is 0 Å². The van der Waals surface area contributed by atoms with Gasteiger partial charge in [0.25, 0.3) is 0 Å². The summed E-state index contributed by atoms with van der Waals surface area (Å²) in [4.78, 5) is 0. The van der Waals surface area contributed by atoms with Crippen LogP contribution in [0.1, 0.15) is 5.56 Å². The average Bonchev–Trinajstić information content (AvgIpc) is 2.10. The van der Waals surface area contributed by atoms with Gasteiger partial charge in [-0.2, -0.15) is 0 Å². The van der Waals surface area contributed by atoms with Crippen molar-refractivity contribution in [3.63, 3.8) is 0 Å². The number of benzene rings is 1. The standard InChI is InChI=1S/C10H8Br2O/c1-3-4-13-8-5-9(11)7(2)10(12)6-8/h1,5-6H,4H2,2H3. The van der Waals surface area contributed by atoms with Crippen LogP contribution >= 0.6 is 31.9 Å². The van der Waals surface area contributed by atoms with Crippen LogP contribution in [0.2, 0.25) is 0 Å². The lowest BCUT2D eigenvalue weighted by atomic mass is 10.2. The van der Waals surface area contributed by atoms with E-state index in [0.717, 1.165) is 20.3 Å². The quantitative estimate of drug-likeness (QED) is 0.760. The van der Waals surface area contributed by atoms with E-state index in [0.29, 0.717) is 6.61 Å². The molecule has 0 saturated heterocycles. The van der Waals surface area contributed by atoms with Crippen LogP contribution in [0.4, 0.5) is 0 Å². The van der Waals surface area contributed by atoms with Gasteiger partial charge in [-0.05, 0) is 24.6 Å². The number of hydrogen-bond acceptors (Lipinski definition) is 1. The summed E-state index contributed by atoms with van der Waals surface area (Å²) in [5.74, 6) is 3.18. The van der Waals surface area contributed by atoms with E-state index in [9.17, 15) is 0 Å². The van der Waals surface area contributed by atoms with Gasteiger partial charge in [0.1, 0.15) is 12.4 Å². The largest absolute Gasteiger partial charge is 0.481 e. The van der Waals surface area contributed by atoms with Crippen LogP contribution in [0.3, 0.4) is 0 Å². The van der Waals surface area contributed by atoms with Crippen LogP contribution in [-0.2, 0) is 0 Å². The molecule has 3 heteroatoms. The minimum absolute atomic E-state index is 0.294. The van der Waals surface area contributed by atoms with Gasteiger partial charge in [0.2, 0.25) is 0 Å². The zero-order chi connectivity index (χ0) is 9.84. The highest BCUT2D eigenvalue weighted by atomic mass is 79.9. The van der Waals surface area contributed by atoms with Crippen molar-refractivity contribution < 1.29 is 4.74 Å². The van der Waals surface area contributed by atoms with E-state index in [2.05, 4.69) is 37.8 Å². The first-order chi connectivity index (χ1) is 6.15. The molecule has 1 rings (SSSR count). The van der Waals surface area contributed by atoms with E-state index in [4.69, 9.17) is 11.2 Å². The summed E-state index contributed by atoms with van der Waals surface area (Å²) < 4.78 is 7.29. The smallest absolute Gasteiger partial charge is 0.148 e. The van der Waals surface area contributed by atoms with E-state index < -0.39 is 0 Å². The number of rotatable bonds is 2. The van der Waals surface area contributed by atoms with Gasteiger partial charge in [-0.25, -0.2) is 0 Å². The third-order valence-corrected chi connectivity index (χ3v) is 3.22. The molecule has 1 aromatic carbocycles. The highest BCUT2D eigenvalue weighted by molar-refractivity contribution is 9.11. The first-order valence-electron chi connectivity index (χ1n) is 3.67. The second-order valence-electron chi connectivity index (χ2n) is 2.50. The second kappa shape index (κ2) is 4.69. The molecule has 0 unspecified atom stereocenters. The molecule has 0 bridgehead atoms.